The molecule has 1 unspecified atom stereocenters. The molecule has 1 saturated heterocycles. The van der Waals surface area contributed by atoms with Gasteiger partial charge >= 0.3 is 5.97 Å². The van der Waals surface area contributed by atoms with Crippen molar-refractivity contribution in [3.8, 4) is 0 Å². The monoisotopic (exact) mass is 298 g/mol. The van der Waals surface area contributed by atoms with Crippen LogP contribution in [0.5, 0.6) is 0 Å². The standard InChI is InChI=1S/C16H30N2O3/c1-4-17(5-2)15(19)10-8-12-18-11-7-6-9-14(18)13-16(20)21-3/h14H,4-13H2,1-3H3. The van der Waals surface area contributed by atoms with Gasteiger partial charge in [-0.1, -0.05) is 6.42 Å². The van der Waals surface area contributed by atoms with E-state index in [0.717, 1.165) is 39.0 Å². The molecule has 122 valence electrons. The zero-order chi connectivity index (χ0) is 15.7. The predicted octanol–water partition coefficient (Wildman–Crippen LogP) is 2.05. The van der Waals surface area contributed by atoms with E-state index in [2.05, 4.69) is 4.90 Å². The van der Waals surface area contributed by atoms with Crippen LogP contribution in [0.4, 0.5) is 0 Å². The zero-order valence-electron chi connectivity index (χ0n) is 13.8. The highest BCUT2D eigenvalue weighted by atomic mass is 16.5. The van der Waals surface area contributed by atoms with Crippen LogP contribution in [-0.2, 0) is 14.3 Å². The Morgan fingerprint density at radius 3 is 2.57 bits per heavy atom. The number of ether oxygens (including phenoxy) is 1. The normalized spacial score (nSPS) is 19.3. The fourth-order valence-electron chi connectivity index (χ4n) is 3.03. The van der Waals surface area contributed by atoms with Crippen molar-refractivity contribution in [3.05, 3.63) is 0 Å². The quantitative estimate of drug-likeness (QED) is 0.644. The summed E-state index contributed by atoms with van der Waals surface area (Å²) in [6, 6.07) is 0.287. The molecule has 0 saturated carbocycles. The van der Waals surface area contributed by atoms with E-state index >= 15 is 0 Å². The molecule has 1 heterocycles. The molecular formula is C16H30N2O3. The van der Waals surface area contributed by atoms with Crippen LogP contribution in [0.1, 0.15) is 52.4 Å². The Hall–Kier alpha value is -1.10. The number of hydrogen-bond donors (Lipinski definition) is 0. The average molecular weight is 298 g/mol. The molecule has 21 heavy (non-hydrogen) atoms. The molecule has 1 rings (SSSR count). The third kappa shape index (κ3) is 6.04. The summed E-state index contributed by atoms with van der Waals surface area (Å²) in [6.07, 6.45) is 5.36. The molecule has 1 aliphatic heterocycles. The molecule has 5 nitrogen and oxygen atoms in total. The second-order valence-corrected chi connectivity index (χ2v) is 5.64. The molecule has 0 aromatic carbocycles. The van der Waals surface area contributed by atoms with Crippen LogP contribution in [0.2, 0.25) is 0 Å². The van der Waals surface area contributed by atoms with Gasteiger partial charge in [-0.2, -0.15) is 0 Å². The summed E-state index contributed by atoms with van der Waals surface area (Å²) >= 11 is 0. The van der Waals surface area contributed by atoms with Gasteiger partial charge in [-0.05, 0) is 46.2 Å². The van der Waals surface area contributed by atoms with Crippen molar-refractivity contribution >= 4 is 11.9 Å². The number of carbonyl (C=O) groups is 2. The smallest absolute Gasteiger partial charge is 0.307 e. The van der Waals surface area contributed by atoms with Crippen molar-refractivity contribution in [2.45, 2.75) is 58.4 Å². The topological polar surface area (TPSA) is 49.9 Å². The number of esters is 1. The number of nitrogens with zero attached hydrogens (tertiary/aromatic N) is 2. The van der Waals surface area contributed by atoms with Crippen molar-refractivity contribution < 1.29 is 14.3 Å². The number of piperidine rings is 1. The van der Waals surface area contributed by atoms with Gasteiger partial charge in [0.1, 0.15) is 0 Å². The van der Waals surface area contributed by atoms with E-state index in [1.165, 1.54) is 20.0 Å². The van der Waals surface area contributed by atoms with Gasteiger partial charge in [0, 0.05) is 25.6 Å². The van der Waals surface area contributed by atoms with Crippen LogP contribution in [0.25, 0.3) is 0 Å². The molecule has 0 spiro atoms. The minimum Gasteiger partial charge on any atom is -0.469 e. The lowest BCUT2D eigenvalue weighted by molar-refractivity contribution is -0.142. The number of carbonyl (C=O) groups excluding carboxylic acids is 2. The molecule has 0 N–H and O–H groups in total. The van der Waals surface area contributed by atoms with Gasteiger partial charge in [0.2, 0.25) is 5.91 Å². The van der Waals surface area contributed by atoms with E-state index in [1.807, 2.05) is 18.7 Å². The van der Waals surface area contributed by atoms with Gasteiger partial charge in [-0.25, -0.2) is 0 Å². The van der Waals surface area contributed by atoms with Crippen LogP contribution in [0.3, 0.4) is 0 Å². The Kier molecular flexibility index (Phi) is 8.35. The lowest BCUT2D eigenvalue weighted by atomic mass is 9.99. The third-order valence-electron chi connectivity index (χ3n) is 4.33. The van der Waals surface area contributed by atoms with Gasteiger partial charge in [-0.15, -0.1) is 0 Å². The lowest BCUT2D eigenvalue weighted by Gasteiger charge is -2.35. The molecule has 1 atom stereocenters. The molecule has 0 bridgehead atoms. The van der Waals surface area contributed by atoms with Gasteiger partial charge in [0.05, 0.1) is 13.5 Å². The van der Waals surface area contributed by atoms with Crippen molar-refractivity contribution in [2.24, 2.45) is 0 Å². The maximum atomic E-state index is 12.0. The van der Waals surface area contributed by atoms with Crippen LogP contribution >= 0.6 is 0 Å². The Balaban J connectivity index is 2.37. The van der Waals surface area contributed by atoms with E-state index in [-0.39, 0.29) is 17.9 Å². The Bertz CT molecular complexity index is 329. The van der Waals surface area contributed by atoms with Crippen LogP contribution < -0.4 is 0 Å². The minimum absolute atomic E-state index is 0.133. The molecule has 1 fully saturated rings. The molecule has 1 amide bonds. The lowest BCUT2D eigenvalue weighted by Crippen LogP contribution is -2.42. The first kappa shape index (κ1) is 18.0. The van der Waals surface area contributed by atoms with E-state index in [0.29, 0.717) is 12.8 Å². The Morgan fingerprint density at radius 2 is 1.95 bits per heavy atom. The van der Waals surface area contributed by atoms with Crippen LogP contribution in [0, 0.1) is 0 Å². The van der Waals surface area contributed by atoms with Gasteiger partial charge in [0.25, 0.3) is 0 Å². The molecule has 0 aromatic heterocycles. The summed E-state index contributed by atoms with van der Waals surface area (Å²) in [7, 11) is 1.44. The second kappa shape index (κ2) is 9.77. The predicted molar refractivity (Wildman–Crippen MR) is 83.0 cm³/mol. The van der Waals surface area contributed by atoms with Gasteiger partial charge in [0.15, 0.2) is 0 Å². The van der Waals surface area contributed by atoms with Crippen LogP contribution in [-0.4, -0.2) is 61.0 Å². The molecule has 0 radical (unpaired) electrons. The number of methoxy groups -OCH3 is 1. The van der Waals surface area contributed by atoms with Crippen molar-refractivity contribution in [3.63, 3.8) is 0 Å². The highest BCUT2D eigenvalue weighted by molar-refractivity contribution is 5.76. The number of amides is 1. The first-order valence-corrected chi connectivity index (χ1v) is 8.21. The maximum Gasteiger partial charge on any atom is 0.307 e. The maximum absolute atomic E-state index is 12.0. The fourth-order valence-corrected chi connectivity index (χ4v) is 3.03. The summed E-state index contributed by atoms with van der Waals surface area (Å²) in [5.41, 5.74) is 0. The molecule has 1 aliphatic rings. The second-order valence-electron chi connectivity index (χ2n) is 5.64. The molecule has 0 aliphatic carbocycles. The first-order chi connectivity index (χ1) is 10.1. The van der Waals surface area contributed by atoms with Crippen molar-refractivity contribution in [1.29, 1.82) is 0 Å². The zero-order valence-corrected chi connectivity index (χ0v) is 13.8. The summed E-state index contributed by atoms with van der Waals surface area (Å²) in [6.45, 7) is 7.51. The Morgan fingerprint density at radius 1 is 1.24 bits per heavy atom. The Labute approximate surface area is 128 Å². The fraction of sp³-hybridized carbons (Fsp3) is 0.875. The highest BCUT2D eigenvalue weighted by Gasteiger charge is 2.24. The number of likely N-dealkylation sites (tertiary alicyclic amines) is 1. The average Bonchev–Trinajstić information content (AvgIpc) is 2.50. The van der Waals surface area contributed by atoms with E-state index in [1.54, 1.807) is 0 Å². The van der Waals surface area contributed by atoms with E-state index < -0.39 is 0 Å². The molecular weight excluding hydrogens is 268 g/mol. The minimum atomic E-state index is -0.133. The van der Waals surface area contributed by atoms with E-state index in [4.69, 9.17) is 4.74 Å². The van der Waals surface area contributed by atoms with Crippen molar-refractivity contribution in [1.82, 2.24) is 9.80 Å². The van der Waals surface area contributed by atoms with Gasteiger partial charge < -0.3 is 9.64 Å². The third-order valence-corrected chi connectivity index (χ3v) is 4.33. The largest absolute Gasteiger partial charge is 0.469 e. The number of hydrogen-bond acceptors (Lipinski definition) is 4. The molecule has 0 aromatic rings. The van der Waals surface area contributed by atoms with Crippen LogP contribution in [0.15, 0.2) is 0 Å². The van der Waals surface area contributed by atoms with E-state index in [9.17, 15) is 9.59 Å². The van der Waals surface area contributed by atoms with Crippen molar-refractivity contribution in [2.75, 3.05) is 33.3 Å². The SMILES string of the molecule is CCN(CC)C(=O)CCCN1CCCCC1CC(=O)OC. The summed E-state index contributed by atoms with van der Waals surface area (Å²) in [5.74, 6) is 0.104. The first-order valence-electron chi connectivity index (χ1n) is 8.21. The van der Waals surface area contributed by atoms with Gasteiger partial charge in [-0.3, -0.25) is 14.5 Å². The summed E-state index contributed by atoms with van der Waals surface area (Å²) in [5, 5.41) is 0. The summed E-state index contributed by atoms with van der Waals surface area (Å²) in [4.78, 5) is 27.7. The number of rotatable bonds is 8. The molecule has 5 heteroatoms. The summed E-state index contributed by atoms with van der Waals surface area (Å²) < 4.78 is 4.78. The highest BCUT2D eigenvalue weighted by Crippen LogP contribution is 2.20.